The van der Waals surface area contributed by atoms with Gasteiger partial charge in [0.2, 0.25) is 0 Å². The summed E-state index contributed by atoms with van der Waals surface area (Å²) in [7, 11) is 0. The third kappa shape index (κ3) is 2.57. The number of carbonyl (C=O) groups is 1. The van der Waals surface area contributed by atoms with Crippen molar-refractivity contribution in [1.29, 1.82) is 0 Å². The predicted molar refractivity (Wildman–Crippen MR) is 93.4 cm³/mol. The third-order valence-electron chi connectivity index (χ3n) is 3.42. The number of benzene rings is 1. The van der Waals surface area contributed by atoms with E-state index in [1.165, 1.54) is 11.3 Å². The smallest absolute Gasteiger partial charge is 0.267 e. The number of nitrogens with one attached hydrogen (secondary N) is 1. The topological polar surface area (TPSA) is 80.9 Å². The predicted octanol–water partition coefficient (Wildman–Crippen LogP) is 3.91. The zero-order valence-corrected chi connectivity index (χ0v) is 14.4. The zero-order chi connectivity index (χ0) is 15.9. The van der Waals surface area contributed by atoms with E-state index in [-0.39, 0.29) is 5.91 Å². The fourth-order valence-corrected chi connectivity index (χ4v) is 3.56. The second kappa shape index (κ2) is 5.66. The van der Waals surface area contributed by atoms with Crippen LogP contribution in [0.3, 0.4) is 0 Å². The number of aryl methyl sites for hydroxylation is 2. The lowest BCUT2D eigenvalue weighted by atomic mass is 10.1. The summed E-state index contributed by atoms with van der Waals surface area (Å²) in [6.45, 7) is 3.81. The Labute approximate surface area is 139 Å². The molecule has 3 N–H and O–H groups in total. The highest BCUT2D eigenvalue weighted by atomic mass is 79.9. The maximum atomic E-state index is 12.5. The largest absolute Gasteiger partial charge is 0.397 e. The van der Waals surface area contributed by atoms with E-state index < -0.39 is 0 Å². The molecule has 5 nitrogen and oxygen atoms in total. The van der Waals surface area contributed by atoms with Crippen molar-refractivity contribution in [1.82, 2.24) is 10.2 Å². The second-order valence-electron chi connectivity index (χ2n) is 4.90. The van der Waals surface area contributed by atoms with Crippen molar-refractivity contribution in [2.75, 3.05) is 11.1 Å². The molecule has 2 aromatic heterocycles. The van der Waals surface area contributed by atoms with Crippen molar-refractivity contribution < 1.29 is 4.79 Å². The average molecular weight is 377 g/mol. The molecule has 0 bridgehead atoms. The first kappa shape index (κ1) is 14.9. The van der Waals surface area contributed by atoms with Crippen molar-refractivity contribution in [3.05, 3.63) is 44.9 Å². The Balaban J connectivity index is 2.01. The van der Waals surface area contributed by atoms with E-state index in [2.05, 4.69) is 31.4 Å². The Kier molecular flexibility index (Phi) is 3.84. The fraction of sp³-hybridized carbons (Fsp3) is 0.133. The molecule has 1 amide bonds. The highest BCUT2D eigenvalue weighted by molar-refractivity contribution is 9.10. The van der Waals surface area contributed by atoms with Gasteiger partial charge in [0.05, 0.1) is 11.4 Å². The molecule has 0 aliphatic heterocycles. The minimum atomic E-state index is -0.240. The fourth-order valence-electron chi connectivity index (χ4n) is 2.16. The molecule has 0 aliphatic carbocycles. The summed E-state index contributed by atoms with van der Waals surface area (Å²) >= 11 is 4.63. The van der Waals surface area contributed by atoms with Gasteiger partial charge in [-0.15, -0.1) is 16.4 Å². The van der Waals surface area contributed by atoms with Gasteiger partial charge in [0.15, 0.2) is 0 Å². The number of amides is 1. The van der Waals surface area contributed by atoms with Crippen LogP contribution in [0.15, 0.2) is 28.7 Å². The van der Waals surface area contributed by atoms with E-state index in [0.717, 1.165) is 21.1 Å². The summed E-state index contributed by atoms with van der Waals surface area (Å²) in [6, 6.07) is 7.40. The number of thiophene rings is 1. The van der Waals surface area contributed by atoms with Gasteiger partial charge in [-0.1, -0.05) is 22.0 Å². The molecule has 0 atom stereocenters. The van der Waals surface area contributed by atoms with Crippen molar-refractivity contribution in [2.45, 2.75) is 13.8 Å². The molecular formula is C15H13BrN4OS. The van der Waals surface area contributed by atoms with Gasteiger partial charge in [0.1, 0.15) is 9.71 Å². The summed E-state index contributed by atoms with van der Waals surface area (Å²) in [4.78, 5) is 13.6. The first-order valence-electron chi connectivity index (χ1n) is 6.56. The lowest BCUT2D eigenvalue weighted by molar-refractivity contribution is 0.103. The van der Waals surface area contributed by atoms with Crippen LogP contribution in [0.4, 0.5) is 11.4 Å². The Bertz CT molecular complexity index is 891. The first-order valence-corrected chi connectivity index (χ1v) is 8.17. The minimum Gasteiger partial charge on any atom is -0.397 e. The van der Waals surface area contributed by atoms with Crippen molar-refractivity contribution >= 4 is 54.8 Å². The van der Waals surface area contributed by atoms with Crippen LogP contribution >= 0.6 is 27.3 Å². The molecule has 0 saturated carbocycles. The van der Waals surface area contributed by atoms with Gasteiger partial charge in [-0.25, -0.2) is 0 Å². The number of nitrogen functional groups attached to an aromatic ring is 1. The molecule has 112 valence electrons. The molecule has 7 heteroatoms. The minimum absolute atomic E-state index is 0.240. The van der Waals surface area contributed by atoms with E-state index in [0.29, 0.717) is 21.1 Å². The van der Waals surface area contributed by atoms with E-state index in [9.17, 15) is 4.79 Å². The van der Waals surface area contributed by atoms with Crippen molar-refractivity contribution in [2.24, 2.45) is 0 Å². The Morgan fingerprint density at radius 2 is 2.09 bits per heavy atom. The summed E-state index contributed by atoms with van der Waals surface area (Å²) in [6.07, 6.45) is 0. The van der Waals surface area contributed by atoms with Gasteiger partial charge in [-0.3, -0.25) is 4.79 Å². The number of nitrogens with zero attached hydrogens (tertiary/aromatic N) is 2. The summed E-state index contributed by atoms with van der Waals surface area (Å²) in [5.41, 5.74) is 9.10. The molecule has 1 aromatic carbocycles. The molecule has 2 heterocycles. The number of fused-ring (bicyclic) bond motifs is 1. The quantitative estimate of drug-likeness (QED) is 0.710. The molecule has 0 radical (unpaired) electrons. The summed E-state index contributed by atoms with van der Waals surface area (Å²) in [5.74, 6) is -0.240. The maximum Gasteiger partial charge on any atom is 0.267 e. The SMILES string of the molecule is Cc1nnc2sc(C(=O)Nc3cccc(Br)c3)c(N)c2c1C. The number of nitrogens with two attached hydrogens (primary N) is 1. The molecule has 0 aliphatic rings. The summed E-state index contributed by atoms with van der Waals surface area (Å²) < 4.78 is 0.895. The third-order valence-corrected chi connectivity index (χ3v) is 5.01. The highest BCUT2D eigenvalue weighted by Crippen LogP contribution is 2.35. The number of aromatic nitrogens is 2. The van der Waals surface area contributed by atoms with Crippen molar-refractivity contribution in [3.8, 4) is 0 Å². The second-order valence-corrected chi connectivity index (χ2v) is 6.81. The van der Waals surface area contributed by atoms with Gasteiger partial charge >= 0.3 is 0 Å². The Hall–Kier alpha value is -1.99. The van der Waals surface area contributed by atoms with Crippen LogP contribution in [-0.4, -0.2) is 16.1 Å². The Morgan fingerprint density at radius 3 is 2.82 bits per heavy atom. The number of hydrogen-bond acceptors (Lipinski definition) is 5. The number of carbonyl (C=O) groups excluding carboxylic acids is 1. The van der Waals surface area contributed by atoms with E-state index in [1.807, 2.05) is 38.1 Å². The van der Waals surface area contributed by atoms with Gasteiger partial charge < -0.3 is 11.1 Å². The Morgan fingerprint density at radius 1 is 1.32 bits per heavy atom. The normalized spacial score (nSPS) is 10.9. The van der Waals surface area contributed by atoms with E-state index in [4.69, 9.17) is 5.73 Å². The van der Waals surface area contributed by atoms with Crippen LogP contribution in [-0.2, 0) is 0 Å². The molecular weight excluding hydrogens is 364 g/mol. The van der Waals surface area contributed by atoms with Crippen LogP contribution < -0.4 is 11.1 Å². The van der Waals surface area contributed by atoms with E-state index in [1.54, 1.807) is 0 Å². The average Bonchev–Trinajstić information content (AvgIpc) is 2.81. The van der Waals surface area contributed by atoms with Crippen LogP contribution in [0.2, 0.25) is 0 Å². The molecule has 0 fully saturated rings. The van der Waals surface area contributed by atoms with Gasteiger partial charge in [0.25, 0.3) is 5.91 Å². The number of rotatable bonds is 2. The van der Waals surface area contributed by atoms with Crippen molar-refractivity contribution in [3.63, 3.8) is 0 Å². The molecule has 0 unspecified atom stereocenters. The molecule has 3 aromatic rings. The lowest BCUT2D eigenvalue weighted by Gasteiger charge is -2.05. The number of anilines is 2. The maximum absolute atomic E-state index is 12.5. The first-order chi connectivity index (χ1) is 10.5. The zero-order valence-electron chi connectivity index (χ0n) is 12.0. The number of hydrogen-bond donors (Lipinski definition) is 2. The molecule has 22 heavy (non-hydrogen) atoms. The van der Waals surface area contributed by atoms with Gasteiger partial charge in [-0.05, 0) is 37.6 Å². The monoisotopic (exact) mass is 376 g/mol. The van der Waals surface area contributed by atoms with Crippen LogP contribution in [0, 0.1) is 13.8 Å². The molecule has 0 spiro atoms. The highest BCUT2D eigenvalue weighted by Gasteiger charge is 2.20. The van der Waals surface area contributed by atoms with E-state index >= 15 is 0 Å². The van der Waals surface area contributed by atoms with Gasteiger partial charge in [0, 0.05) is 15.5 Å². The number of halogens is 1. The van der Waals surface area contributed by atoms with Crippen LogP contribution in [0.25, 0.3) is 10.2 Å². The summed E-state index contributed by atoms with van der Waals surface area (Å²) in [5, 5.41) is 11.9. The van der Waals surface area contributed by atoms with Crippen LogP contribution in [0.5, 0.6) is 0 Å². The molecule has 3 rings (SSSR count). The standard InChI is InChI=1S/C15H13BrN4OS/c1-7-8(2)19-20-15-11(7)12(17)13(22-15)14(21)18-10-5-3-4-9(16)6-10/h3-6H,17H2,1-2H3,(H,18,21). The van der Waals surface area contributed by atoms with Gasteiger partial charge in [-0.2, -0.15) is 5.10 Å². The molecule has 0 saturated heterocycles. The van der Waals surface area contributed by atoms with Crippen LogP contribution in [0.1, 0.15) is 20.9 Å². The lowest BCUT2D eigenvalue weighted by Crippen LogP contribution is -2.11.